The molecule has 0 spiro atoms. The Morgan fingerprint density at radius 3 is 2.76 bits per heavy atom. The van der Waals surface area contributed by atoms with Crippen molar-refractivity contribution in [2.24, 2.45) is 0 Å². The summed E-state index contributed by atoms with van der Waals surface area (Å²) in [6, 6.07) is 5.51. The topological polar surface area (TPSA) is 71.8 Å². The van der Waals surface area contributed by atoms with Crippen molar-refractivity contribution in [3.05, 3.63) is 29.5 Å². The van der Waals surface area contributed by atoms with Crippen LogP contribution < -0.4 is 10.1 Å². The number of fused-ring (bicyclic) bond motifs is 1. The quantitative estimate of drug-likeness (QED) is 0.875. The van der Waals surface area contributed by atoms with E-state index < -0.39 is 0 Å². The minimum Gasteiger partial charge on any atom is -0.494 e. The van der Waals surface area contributed by atoms with Crippen LogP contribution in [0, 0.1) is 6.92 Å². The molecule has 2 amide bonds. The molecule has 1 aliphatic heterocycles. The molecule has 1 aromatic carbocycles. The van der Waals surface area contributed by atoms with Crippen LogP contribution in [-0.2, 0) is 4.79 Å². The number of aryl methyl sites for hydroxylation is 1. The number of carbonyl (C=O) groups is 2. The Kier molecular flexibility index (Phi) is 5.26. The number of nitrogens with zero attached hydrogens (tertiary/aromatic N) is 1. The summed E-state index contributed by atoms with van der Waals surface area (Å²) >= 11 is 0. The maximum Gasteiger partial charge on any atom is 0.287 e. The van der Waals surface area contributed by atoms with Crippen molar-refractivity contribution < 1.29 is 18.7 Å². The van der Waals surface area contributed by atoms with Crippen LogP contribution in [0.2, 0.25) is 0 Å². The van der Waals surface area contributed by atoms with E-state index in [-0.39, 0.29) is 17.6 Å². The molecule has 2 aromatic rings. The van der Waals surface area contributed by atoms with Gasteiger partial charge in [0, 0.05) is 37.0 Å². The molecule has 25 heavy (non-hydrogen) atoms. The van der Waals surface area contributed by atoms with Crippen molar-refractivity contribution in [2.75, 3.05) is 26.2 Å². The Hall–Kier alpha value is -2.50. The Bertz CT molecular complexity index is 775. The molecule has 6 nitrogen and oxygen atoms in total. The number of carbonyl (C=O) groups excluding carboxylic acids is 2. The molecule has 0 radical (unpaired) electrons. The molecule has 134 valence electrons. The fourth-order valence-corrected chi connectivity index (χ4v) is 3.16. The van der Waals surface area contributed by atoms with Crippen LogP contribution in [0.5, 0.6) is 5.75 Å². The van der Waals surface area contributed by atoms with Crippen molar-refractivity contribution in [1.82, 2.24) is 10.2 Å². The van der Waals surface area contributed by atoms with E-state index in [9.17, 15) is 9.59 Å². The second-order valence-electron chi connectivity index (χ2n) is 6.24. The van der Waals surface area contributed by atoms with Gasteiger partial charge in [-0.15, -0.1) is 0 Å². The molecule has 6 heteroatoms. The maximum absolute atomic E-state index is 12.4. The van der Waals surface area contributed by atoms with E-state index in [1.54, 1.807) is 6.07 Å². The summed E-state index contributed by atoms with van der Waals surface area (Å²) in [4.78, 5) is 26.2. The molecular weight excluding hydrogens is 320 g/mol. The maximum atomic E-state index is 12.4. The van der Waals surface area contributed by atoms with E-state index >= 15 is 0 Å². The molecule has 2 heterocycles. The van der Waals surface area contributed by atoms with Crippen molar-refractivity contribution in [2.45, 2.75) is 33.1 Å². The third-order valence-corrected chi connectivity index (χ3v) is 4.51. The monoisotopic (exact) mass is 344 g/mol. The summed E-state index contributed by atoms with van der Waals surface area (Å²) in [5.41, 5.74) is 1.43. The number of hydrogen-bond acceptors (Lipinski definition) is 4. The smallest absolute Gasteiger partial charge is 0.287 e. The van der Waals surface area contributed by atoms with Crippen LogP contribution in [0.3, 0.4) is 0 Å². The van der Waals surface area contributed by atoms with Crippen molar-refractivity contribution in [3.8, 4) is 5.75 Å². The molecule has 0 atom stereocenters. The summed E-state index contributed by atoms with van der Waals surface area (Å²) in [7, 11) is 0. The molecule has 0 unspecified atom stereocenters. The minimum atomic E-state index is -0.291. The third-order valence-electron chi connectivity index (χ3n) is 4.51. The van der Waals surface area contributed by atoms with Crippen molar-refractivity contribution in [3.63, 3.8) is 0 Å². The van der Waals surface area contributed by atoms with Gasteiger partial charge in [0.1, 0.15) is 11.3 Å². The Balaban J connectivity index is 1.63. The van der Waals surface area contributed by atoms with Crippen LogP contribution >= 0.6 is 0 Å². The van der Waals surface area contributed by atoms with E-state index in [0.717, 1.165) is 42.6 Å². The molecule has 3 rings (SSSR count). The van der Waals surface area contributed by atoms with Crippen molar-refractivity contribution in [1.29, 1.82) is 0 Å². The second kappa shape index (κ2) is 7.59. The lowest BCUT2D eigenvalue weighted by Crippen LogP contribution is -2.32. The number of amides is 2. The molecule has 0 saturated carbocycles. The molecule has 1 fully saturated rings. The van der Waals surface area contributed by atoms with E-state index in [1.165, 1.54) is 0 Å². The standard InChI is InChI=1S/C19H24N2O4/c1-3-24-14-6-7-16-15(12-14)13(2)18(25-16)19(23)20-9-8-17(22)21-10-4-5-11-21/h6-7,12H,3-5,8-11H2,1-2H3,(H,20,23). The number of rotatable bonds is 6. The first-order chi connectivity index (χ1) is 12.1. The molecule has 0 bridgehead atoms. The number of nitrogens with one attached hydrogen (secondary N) is 1. The SMILES string of the molecule is CCOc1ccc2oc(C(=O)NCCC(=O)N3CCCC3)c(C)c2c1. The van der Waals surface area contributed by atoms with Crippen LogP contribution in [0.4, 0.5) is 0 Å². The molecule has 1 aromatic heterocycles. The minimum absolute atomic E-state index is 0.0977. The van der Waals surface area contributed by atoms with E-state index in [1.807, 2.05) is 30.9 Å². The number of furan rings is 1. The fourth-order valence-electron chi connectivity index (χ4n) is 3.16. The van der Waals surface area contributed by atoms with Crippen LogP contribution in [0.15, 0.2) is 22.6 Å². The van der Waals surface area contributed by atoms with Gasteiger partial charge >= 0.3 is 0 Å². The second-order valence-corrected chi connectivity index (χ2v) is 6.24. The van der Waals surface area contributed by atoms with Gasteiger partial charge in [0.15, 0.2) is 5.76 Å². The number of likely N-dealkylation sites (tertiary alicyclic amines) is 1. The van der Waals surface area contributed by atoms with Crippen molar-refractivity contribution >= 4 is 22.8 Å². The predicted octanol–water partition coefficient (Wildman–Crippen LogP) is 2.88. The molecule has 1 saturated heterocycles. The van der Waals surface area contributed by atoms with E-state index in [2.05, 4.69) is 5.32 Å². The van der Waals surface area contributed by atoms with Gasteiger partial charge in [0.25, 0.3) is 5.91 Å². The Morgan fingerprint density at radius 2 is 2.04 bits per heavy atom. The highest BCUT2D eigenvalue weighted by Crippen LogP contribution is 2.28. The van der Waals surface area contributed by atoms with E-state index in [0.29, 0.717) is 25.2 Å². The molecule has 0 aliphatic carbocycles. The first-order valence-electron chi connectivity index (χ1n) is 8.82. The number of ether oxygens (including phenoxy) is 1. The lowest BCUT2D eigenvalue weighted by atomic mass is 10.1. The highest BCUT2D eigenvalue weighted by Gasteiger charge is 2.20. The zero-order valence-electron chi connectivity index (χ0n) is 14.8. The Morgan fingerprint density at radius 1 is 1.28 bits per heavy atom. The third kappa shape index (κ3) is 3.78. The highest BCUT2D eigenvalue weighted by molar-refractivity contribution is 5.99. The van der Waals surface area contributed by atoms with Gasteiger partial charge in [-0.3, -0.25) is 9.59 Å². The largest absolute Gasteiger partial charge is 0.494 e. The van der Waals surface area contributed by atoms with Gasteiger partial charge < -0.3 is 19.4 Å². The fraction of sp³-hybridized carbons (Fsp3) is 0.474. The van der Waals surface area contributed by atoms with Gasteiger partial charge in [-0.25, -0.2) is 0 Å². The van der Waals surface area contributed by atoms with Crippen LogP contribution in [0.1, 0.15) is 42.3 Å². The normalized spacial score (nSPS) is 14.1. The van der Waals surface area contributed by atoms with Gasteiger partial charge in [-0.2, -0.15) is 0 Å². The highest BCUT2D eigenvalue weighted by atomic mass is 16.5. The zero-order chi connectivity index (χ0) is 17.8. The summed E-state index contributed by atoms with van der Waals surface area (Å²) in [5, 5.41) is 3.65. The summed E-state index contributed by atoms with van der Waals surface area (Å²) in [6.07, 6.45) is 2.46. The summed E-state index contributed by atoms with van der Waals surface area (Å²) in [6.45, 7) is 6.34. The lowest BCUT2D eigenvalue weighted by Gasteiger charge is -2.14. The first kappa shape index (κ1) is 17.3. The molecular formula is C19H24N2O4. The lowest BCUT2D eigenvalue weighted by molar-refractivity contribution is -0.129. The summed E-state index contributed by atoms with van der Waals surface area (Å²) < 4.78 is 11.2. The average molecular weight is 344 g/mol. The average Bonchev–Trinajstić information content (AvgIpc) is 3.24. The number of hydrogen-bond donors (Lipinski definition) is 1. The molecule has 1 aliphatic rings. The number of benzene rings is 1. The first-order valence-corrected chi connectivity index (χ1v) is 8.82. The zero-order valence-corrected chi connectivity index (χ0v) is 14.8. The van der Waals surface area contributed by atoms with Crippen LogP contribution in [-0.4, -0.2) is 43.0 Å². The van der Waals surface area contributed by atoms with Gasteiger partial charge in [-0.05, 0) is 44.9 Å². The van der Waals surface area contributed by atoms with E-state index in [4.69, 9.17) is 9.15 Å². The molecule has 1 N–H and O–H groups in total. The predicted molar refractivity (Wildman–Crippen MR) is 94.9 cm³/mol. The van der Waals surface area contributed by atoms with Gasteiger partial charge in [0.2, 0.25) is 5.91 Å². The van der Waals surface area contributed by atoms with Crippen LogP contribution in [0.25, 0.3) is 11.0 Å². The van der Waals surface area contributed by atoms with Gasteiger partial charge in [0.05, 0.1) is 6.61 Å². The van der Waals surface area contributed by atoms with Gasteiger partial charge in [-0.1, -0.05) is 0 Å². The summed E-state index contributed by atoms with van der Waals surface area (Å²) in [5.74, 6) is 0.848. The Labute approximate surface area is 147 Å².